The maximum Gasteiger partial charge on any atom is 0.154 e. The van der Waals surface area contributed by atoms with Gasteiger partial charge in [0.1, 0.15) is 11.6 Å². The highest BCUT2D eigenvalue weighted by atomic mass is 35.5. The molecule has 1 N–H and O–H groups in total. The fourth-order valence-corrected chi connectivity index (χ4v) is 2.42. The summed E-state index contributed by atoms with van der Waals surface area (Å²) < 4.78 is 13.3. The SMILES string of the molecule is CCCNc1nc(N(C)c2cccc(F)c2)c(Cl)cc1Cl. The summed E-state index contributed by atoms with van der Waals surface area (Å²) in [6, 6.07) is 7.88. The van der Waals surface area contributed by atoms with Gasteiger partial charge in [0.2, 0.25) is 0 Å². The molecule has 0 bridgehead atoms. The highest BCUT2D eigenvalue weighted by Gasteiger charge is 2.14. The molecular formula is C15H16Cl2FN3. The molecule has 6 heteroatoms. The largest absolute Gasteiger partial charge is 0.369 e. The van der Waals surface area contributed by atoms with Gasteiger partial charge in [-0.1, -0.05) is 36.2 Å². The molecule has 0 saturated carbocycles. The molecule has 0 spiro atoms. The van der Waals surface area contributed by atoms with E-state index >= 15 is 0 Å². The van der Waals surface area contributed by atoms with Gasteiger partial charge in [0, 0.05) is 19.3 Å². The third kappa shape index (κ3) is 3.77. The summed E-state index contributed by atoms with van der Waals surface area (Å²) in [7, 11) is 1.78. The molecular weight excluding hydrogens is 312 g/mol. The Labute approximate surface area is 133 Å². The number of nitrogens with zero attached hydrogens (tertiary/aromatic N) is 2. The van der Waals surface area contributed by atoms with Gasteiger partial charge in [-0.15, -0.1) is 0 Å². The molecule has 112 valence electrons. The first-order chi connectivity index (χ1) is 10.0. The lowest BCUT2D eigenvalue weighted by molar-refractivity contribution is 0.628. The standard InChI is InChI=1S/C15H16Cl2FN3/c1-3-7-19-14-12(16)9-13(17)15(20-14)21(2)11-6-4-5-10(18)8-11/h4-6,8-9H,3,7H2,1-2H3,(H,19,20). The van der Waals surface area contributed by atoms with Crippen LogP contribution in [0.2, 0.25) is 10.0 Å². The Bertz CT molecular complexity index is 634. The van der Waals surface area contributed by atoms with Gasteiger partial charge in [0.05, 0.1) is 10.0 Å². The Morgan fingerprint density at radius 1 is 1.24 bits per heavy atom. The summed E-state index contributed by atoms with van der Waals surface area (Å²) in [4.78, 5) is 6.16. The van der Waals surface area contributed by atoms with E-state index in [2.05, 4.69) is 17.2 Å². The van der Waals surface area contributed by atoms with Crippen molar-refractivity contribution in [2.45, 2.75) is 13.3 Å². The molecule has 0 unspecified atom stereocenters. The van der Waals surface area contributed by atoms with Gasteiger partial charge in [-0.2, -0.15) is 0 Å². The number of hydrogen-bond acceptors (Lipinski definition) is 3. The monoisotopic (exact) mass is 327 g/mol. The summed E-state index contributed by atoms with van der Waals surface area (Å²) in [5.74, 6) is 0.778. The highest BCUT2D eigenvalue weighted by Crippen LogP contribution is 2.34. The minimum atomic E-state index is -0.311. The van der Waals surface area contributed by atoms with Crippen LogP contribution in [0.25, 0.3) is 0 Å². The van der Waals surface area contributed by atoms with E-state index in [1.54, 1.807) is 30.1 Å². The molecule has 0 aliphatic carbocycles. The number of pyridine rings is 1. The fourth-order valence-electron chi connectivity index (χ4n) is 1.87. The Morgan fingerprint density at radius 3 is 2.67 bits per heavy atom. The molecule has 3 nitrogen and oxygen atoms in total. The summed E-state index contributed by atoms with van der Waals surface area (Å²) in [5.41, 5.74) is 0.660. The third-order valence-electron chi connectivity index (χ3n) is 2.97. The van der Waals surface area contributed by atoms with Gasteiger partial charge in [-0.3, -0.25) is 0 Å². The second-order valence-electron chi connectivity index (χ2n) is 4.59. The first kappa shape index (κ1) is 15.9. The molecule has 0 fully saturated rings. The third-order valence-corrected chi connectivity index (χ3v) is 3.53. The predicted octanol–water partition coefficient (Wildman–Crippen LogP) is 5.12. The summed E-state index contributed by atoms with van der Waals surface area (Å²) in [5, 5.41) is 4.02. The van der Waals surface area contributed by atoms with Gasteiger partial charge in [0.25, 0.3) is 0 Å². The Morgan fingerprint density at radius 2 is 2.00 bits per heavy atom. The van der Waals surface area contributed by atoms with Gasteiger partial charge in [-0.05, 0) is 30.7 Å². The van der Waals surface area contributed by atoms with Crippen molar-refractivity contribution in [2.24, 2.45) is 0 Å². The molecule has 0 aliphatic heterocycles. The Kier molecular flexibility index (Phi) is 5.26. The fraction of sp³-hybridized carbons (Fsp3) is 0.267. The van der Waals surface area contributed by atoms with Crippen LogP contribution >= 0.6 is 23.2 Å². The lowest BCUT2D eigenvalue weighted by Crippen LogP contribution is -2.13. The number of rotatable bonds is 5. The van der Waals surface area contributed by atoms with Gasteiger partial charge >= 0.3 is 0 Å². The normalized spacial score (nSPS) is 10.5. The average Bonchev–Trinajstić information content (AvgIpc) is 2.46. The summed E-state index contributed by atoms with van der Waals surface area (Å²) in [6.07, 6.45) is 0.954. The van der Waals surface area contributed by atoms with E-state index < -0.39 is 0 Å². The van der Waals surface area contributed by atoms with Crippen molar-refractivity contribution < 1.29 is 4.39 Å². The second-order valence-corrected chi connectivity index (χ2v) is 5.40. The van der Waals surface area contributed by atoms with Crippen LogP contribution < -0.4 is 10.2 Å². The minimum Gasteiger partial charge on any atom is -0.369 e. The van der Waals surface area contributed by atoms with Gasteiger partial charge in [-0.25, -0.2) is 9.37 Å². The van der Waals surface area contributed by atoms with Crippen molar-refractivity contribution >= 4 is 40.5 Å². The Hall–Kier alpha value is -1.52. The van der Waals surface area contributed by atoms with Crippen molar-refractivity contribution in [3.8, 4) is 0 Å². The molecule has 2 rings (SSSR count). The molecule has 1 aromatic heterocycles. The minimum absolute atomic E-state index is 0.311. The highest BCUT2D eigenvalue weighted by molar-refractivity contribution is 6.37. The van der Waals surface area contributed by atoms with E-state index in [0.29, 0.717) is 27.4 Å². The lowest BCUT2D eigenvalue weighted by Gasteiger charge is -2.21. The molecule has 2 aromatic rings. The van der Waals surface area contributed by atoms with Crippen molar-refractivity contribution in [1.29, 1.82) is 0 Å². The van der Waals surface area contributed by atoms with Crippen LogP contribution in [0.15, 0.2) is 30.3 Å². The van der Waals surface area contributed by atoms with E-state index in [4.69, 9.17) is 23.2 Å². The van der Waals surface area contributed by atoms with Crippen LogP contribution in [0.4, 0.5) is 21.7 Å². The van der Waals surface area contributed by atoms with Crippen LogP contribution in [0, 0.1) is 5.82 Å². The molecule has 0 saturated heterocycles. The van der Waals surface area contributed by atoms with E-state index in [1.165, 1.54) is 12.1 Å². The summed E-state index contributed by atoms with van der Waals surface area (Å²) >= 11 is 12.3. The smallest absolute Gasteiger partial charge is 0.154 e. The lowest BCUT2D eigenvalue weighted by atomic mass is 10.3. The van der Waals surface area contributed by atoms with Crippen molar-refractivity contribution in [1.82, 2.24) is 4.98 Å². The Balaban J connectivity index is 2.38. The first-order valence-corrected chi connectivity index (χ1v) is 7.37. The maximum absolute atomic E-state index is 13.3. The van der Waals surface area contributed by atoms with Crippen LogP contribution in [-0.4, -0.2) is 18.6 Å². The zero-order chi connectivity index (χ0) is 15.4. The van der Waals surface area contributed by atoms with Crippen molar-refractivity contribution in [3.63, 3.8) is 0 Å². The second kappa shape index (κ2) is 6.96. The van der Waals surface area contributed by atoms with Crippen LogP contribution in [0.5, 0.6) is 0 Å². The maximum atomic E-state index is 13.3. The van der Waals surface area contributed by atoms with Crippen LogP contribution in [-0.2, 0) is 0 Å². The molecule has 0 amide bonds. The molecule has 0 radical (unpaired) electrons. The molecule has 1 aromatic carbocycles. The number of aromatic nitrogens is 1. The summed E-state index contributed by atoms with van der Waals surface area (Å²) in [6.45, 7) is 2.81. The number of benzene rings is 1. The van der Waals surface area contributed by atoms with E-state index in [1.807, 2.05) is 0 Å². The van der Waals surface area contributed by atoms with Crippen LogP contribution in [0.1, 0.15) is 13.3 Å². The molecule has 21 heavy (non-hydrogen) atoms. The van der Waals surface area contributed by atoms with E-state index in [0.717, 1.165) is 13.0 Å². The molecule has 1 heterocycles. The van der Waals surface area contributed by atoms with E-state index in [-0.39, 0.29) is 5.82 Å². The predicted molar refractivity (Wildman–Crippen MR) is 87.5 cm³/mol. The van der Waals surface area contributed by atoms with Crippen LogP contribution in [0.3, 0.4) is 0 Å². The number of halogens is 3. The van der Waals surface area contributed by atoms with Gasteiger partial charge in [0.15, 0.2) is 5.82 Å². The van der Waals surface area contributed by atoms with E-state index in [9.17, 15) is 4.39 Å². The average molecular weight is 328 g/mol. The molecule has 0 atom stereocenters. The number of nitrogens with one attached hydrogen (secondary N) is 1. The topological polar surface area (TPSA) is 28.2 Å². The van der Waals surface area contributed by atoms with Crippen molar-refractivity contribution in [2.75, 3.05) is 23.8 Å². The quantitative estimate of drug-likeness (QED) is 0.826. The van der Waals surface area contributed by atoms with Gasteiger partial charge < -0.3 is 10.2 Å². The number of anilines is 3. The first-order valence-electron chi connectivity index (χ1n) is 6.62. The zero-order valence-corrected chi connectivity index (χ0v) is 13.3. The number of hydrogen-bond donors (Lipinski definition) is 1. The van der Waals surface area contributed by atoms with Crippen molar-refractivity contribution in [3.05, 3.63) is 46.2 Å². The molecule has 0 aliphatic rings. The zero-order valence-electron chi connectivity index (χ0n) is 11.8.